The Bertz CT molecular complexity index is 7470. The molecule has 7 aliphatic rings. The number of nitrogens with one attached hydrogen (secondary N) is 4. The first kappa shape index (κ1) is 109. The van der Waals surface area contributed by atoms with Crippen molar-refractivity contribution in [2.24, 2.45) is 0 Å². The Morgan fingerprint density at radius 1 is 0.345 bits per heavy atom. The van der Waals surface area contributed by atoms with Gasteiger partial charge in [0, 0.05) is 99.1 Å². The minimum atomic E-state index is -5.07. The van der Waals surface area contributed by atoms with Gasteiger partial charge >= 0.3 is 22.8 Å². The van der Waals surface area contributed by atoms with Crippen LogP contribution < -0.4 is 91.6 Å². The summed E-state index contributed by atoms with van der Waals surface area (Å²) in [5.41, 5.74) is 12.7. The van der Waals surface area contributed by atoms with E-state index in [9.17, 15) is 72.3 Å². The van der Waals surface area contributed by atoms with E-state index in [0.29, 0.717) is 17.6 Å². The number of hydrogen-bond acceptors (Lipinski definition) is 55. The minimum absolute atomic E-state index is 0.000881. The molecule has 0 radical (unpaired) electrons. The van der Waals surface area contributed by atoms with Crippen molar-refractivity contribution in [1.82, 2.24) is 96.8 Å². The molecular formula is C72H87N23O36P7S7-7. The van der Waals surface area contributed by atoms with Gasteiger partial charge in [-0.05, 0) is 34.1 Å². The Labute approximate surface area is 850 Å². The van der Waals surface area contributed by atoms with E-state index in [1.165, 1.54) is 80.9 Å². The zero-order valence-corrected chi connectivity index (χ0v) is 87.8. The monoisotopic (exact) mass is 2290 g/mol. The van der Waals surface area contributed by atoms with Gasteiger partial charge in [0.1, 0.15) is 156 Å². The van der Waals surface area contributed by atoms with Crippen molar-refractivity contribution in [3.05, 3.63) is 168 Å². The number of nitrogens with two attached hydrogens (primary N) is 3. The lowest BCUT2D eigenvalue weighted by molar-refractivity contribution is -0.221. The van der Waals surface area contributed by atoms with E-state index in [2.05, 4.69) is 64.8 Å². The van der Waals surface area contributed by atoms with Crippen LogP contribution in [0.25, 0.3) is 33.5 Å². The van der Waals surface area contributed by atoms with E-state index < -0.39 is 286 Å². The number of H-pyrrole nitrogens is 4. The highest BCUT2D eigenvalue weighted by atomic mass is 32.7. The molecule has 0 aromatic carbocycles. The number of aromatic amines is 4. The summed E-state index contributed by atoms with van der Waals surface area (Å²) < 4.78 is 149. The first-order chi connectivity index (χ1) is 68.4. The number of hydrogen-bond donors (Lipinski definition) is 7. The van der Waals surface area contributed by atoms with Gasteiger partial charge in [0.05, 0.1) is 107 Å². The summed E-state index contributed by atoms with van der Waals surface area (Å²) in [6.07, 6.45) is -17.9. The summed E-state index contributed by atoms with van der Waals surface area (Å²) in [6, 6.07) is 0. The summed E-state index contributed by atoms with van der Waals surface area (Å²) in [5.74, 6) is 0.110. The molecule has 0 spiro atoms. The van der Waals surface area contributed by atoms with Crippen LogP contribution in [0.4, 0.5) is 17.5 Å². The van der Waals surface area contributed by atoms with Gasteiger partial charge in [-0.15, -0.1) is 0 Å². The number of nitrogens with zero attached hydrogens (tertiary/aromatic N) is 16. The van der Waals surface area contributed by atoms with Gasteiger partial charge in [0.2, 0.25) is 0 Å². The quantitative estimate of drug-likeness (QED) is 0.0157. The number of fused-ring (bicyclic) bond motifs is 3. The van der Waals surface area contributed by atoms with E-state index in [-0.39, 0.29) is 81.3 Å². The Morgan fingerprint density at radius 2 is 0.559 bits per heavy atom. The first-order valence-corrected chi connectivity index (χ1v) is 61.4. The Balaban J connectivity index is 0.578. The molecule has 0 amide bonds. The molecule has 28 atom stereocenters. The fourth-order valence-electron chi connectivity index (χ4n) is 17.0. The lowest BCUT2D eigenvalue weighted by Gasteiger charge is -2.36. The zero-order chi connectivity index (χ0) is 104. The molecule has 10 N–H and O–H groups in total. The third-order valence-corrected chi connectivity index (χ3v) is 35.1. The molecule has 59 nitrogen and oxygen atoms in total. The smallest absolute Gasteiger partial charge is 0.330 e. The molecule has 0 saturated carbocycles. The van der Waals surface area contributed by atoms with Crippen LogP contribution in [0, 0.1) is 27.7 Å². The summed E-state index contributed by atoms with van der Waals surface area (Å²) in [5, 5.41) is 0. The molecule has 17 rings (SSSR count). The highest BCUT2D eigenvalue weighted by Gasteiger charge is 2.49. The lowest BCUT2D eigenvalue weighted by atomic mass is 10.1. The summed E-state index contributed by atoms with van der Waals surface area (Å²) in [7, 11) is 1.06. The lowest BCUT2D eigenvalue weighted by Crippen LogP contribution is -2.34. The van der Waals surface area contributed by atoms with Crippen LogP contribution in [0.15, 0.2) is 101 Å². The molecule has 0 aliphatic carbocycles. The van der Waals surface area contributed by atoms with Crippen LogP contribution >= 0.6 is 47.1 Å². The Hall–Kier alpha value is -6.83. The summed E-state index contributed by atoms with van der Waals surface area (Å²) in [6.45, 7) is -31.4. The van der Waals surface area contributed by atoms with Crippen molar-refractivity contribution in [3.8, 4) is 0 Å². The molecule has 790 valence electrons. The van der Waals surface area contributed by atoms with Gasteiger partial charge in [-0.25, -0.2) is 64.0 Å². The maximum atomic E-state index is 15.0. The predicted molar refractivity (Wildman–Crippen MR) is 511 cm³/mol. The SMILES string of the molecule is CC[C@H]1O[C@@H](n2cnc3c(N)ncnc32)CC1OP([O-])(=S)OC[C@H]1O[C@@H](n2cc(C)c(=O)[nH]c2=O)CC1OP(=O)([S-])OC[C@H]1O[C@@H](n2cc(C)c(=O)[nH]c2=O)CC1OP([O-])(=S)OC[C@H]1O[C@@H](n2cc(C)c(=O)[nH]c2=O)CC1OP([O-])(=S)OC[C@H]1O[C@@H](n2cnc3c(N)ncnc32)CC1OP([O-])(=S)OC[C@H]1O[C@@H](n2cc(C)c(=O)[nH]c2=O)CC1OP([O-])(=S)OC[C@H]1O[C@@H](n2cnc3c(N)ncnc32)CC1OP([O-])(=S)OC. The predicted octanol–water partition coefficient (Wildman–Crippen LogP) is -2.28. The standard InChI is InChI=1S/C72H94N23O36P7S7/c1-7-35-36(8-53(118-35)93-28-82-56-59(73)76-25-79-62(56)93)126-133(105,140)112-20-44-38(9-49(119-44)89-15-31(2)65(96)85-69(89)100)128-135(107,142)114-21-45-40(11-51(120-45)91-17-33(4)67(98)87-71(91)102)129-136(108,143)115-22-46-41(12-52(121-46)92-18-34(5)68(99)88-72(92)103)130-137(109,144)117-24-48-42(14-55(124-48)95-30-84-58-61(75)78-27-81-64(58)95)131-138(110,145)116-23-47-39(10-50(122-47)90-16-32(3)66(97)86-70(90)101)127-134(106,141)113-19-43-37(125-132(104,139)111-6)13-54(123-43)94-29-83-57-60(74)77-26-80-63(57)94/h15-18,25-30,35-55H,7-14,19-24H2,1-6H3,(H,104,139)(H,105,140)(H,106,141)(H,107,142)(H,108,143)(H,109,144)(H,110,145)(H2,73,76,79)(H2,74,77,80)(H2,75,78,81)(H,85,96,100)(H,86,97,101)(H,87,98,102)(H,88,99,103)/p-7/t35-,36?,37?,38?,39?,40?,41?,42?,43-,44-,45-,46-,47-,48-,49-,50-,51-,52-,53-,54-,55-,132?,133?,134?,135?,136?,137?,138?/m1/s1. The van der Waals surface area contributed by atoms with Gasteiger partial charge in [-0.3, -0.25) is 75.6 Å². The van der Waals surface area contributed by atoms with Gasteiger partial charge < -0.3 is 155 Å². The van der Waals surface area contributed by atoms with Crippen LogP contribution in [0.2, 0.25) is 0 Å². The average molecular weight is 2290 g/mol. The Kier molecular flexibility index (Phi) is 33.3. The molecule has 7 saturated heterocycles. The molecule has 0 bridgehead atoms. The van der Waals surface area contributed by atoms with Crippen LogP contribution in [-0.4, -0.2) is 229 Å². The van der Waals surface area contributed by atoms with Gasteiger partial charge in [0.15, 0.2) is 41.2 Å². The van der Waals surface area contributed by atoms with E-state index >= 15 is 0 Å². The summed E-state index contributed by atoms with van der Waals surface area (Å²) >= 11 is 38.0. The number of imidazole rings is 3. The zero-order valence-electron chi connectivity index (χ0n) is 75.9. The van der Waals surface area contributed by atoms with Crippen molar-refractivity contribution < 1.29 is 130 Å². The summed E-state index contributed by atoms with van der Waals surface area (Å²) in [4.78, 5) is 238. The molecule has 10 aromatic rings. The van der Waals surface area contributed by atoms with Gasteiger partial charge in [0.25, 0.3) is 22.2 Å². The molecular weight excluding hydrogens is 2200 g/mol. The van der Waals surface area contributed by atoms with Crippen molar-refractivity contribution in [2.75, 3.05) is 64.0 Å². The van der Waals surface area contributed by atoms with Crippen molar-refractivity contribution in [3.63, 3.8) is 0 Å². The third-order valence-electron chi connectivity index (χ3n) is 24.0. The fourth-order valence-corrected chi connectivity index (χ4v) is 26.7. The minimum Gasteiger partial charge on any atom is -0.780 e. The van der Waals surface area contributed by atoms with Gasteiger partial charge in [-0.2, -0.15) is 0 Å². The van der Waals surface area contributed by atoms with Crippen molar-refractivity contribution >= 4 is 181 Å². The van der Waals surface area contributed by atoms with E-state index in [0.717, 1.165) is 44.1 Å². The molecule has 10 aromatic heterocycles. The second kappa shape index (κ2) is 44.1. The van der Waals surface area contributed by atoms with Crippen molar-refractivity contribution in [1.29, 1.82) is 0 Å². The van der Waals surface area contributed by atoms with E-state index in [4.69, 9.17) is 197 Å². The van der Waals surface area contributed by atoms with E-state index in [1.807, 2.05) is 0 Å². The van der Waals surface area contributed by atoms with Crippen LogP contribution in [0.3, 0.4) is 0 Å². The second-order valence-corrected chi connectivity index (χ2v) is 52.8. The van der Waals surface area contributed by atoms with Gasteiger partial charge in [-0.1, -0.05) is 77.8 Å². The highest BCUT2D eigenvalue weighted by Crippen LogP contribution is 2.57. The third kappa shape index (κ3) is 25.4. The number of aryl methyl sites for hydroxylation is 4. The topological polar surface area (TPSA) is 778 Å². The fraction of sp³-hybridized carbons (Fsp3) is 0.569. The number of ether oxygens (including phenoxy) is 7. The molecule has 14 unspecified atom stereocenters. The normalized spacial score (nSPS) is 29.6. The molecule has 7 aliphatic heterocycles. The van der Waals surface area contributed by atoms with Crippen molar-refractivity contribution in [2.45, 2.75) is 215 Å². The Morgan fingerprint density at radius 3 is 0.800 bits per heavy atom. The number of nitrogen functional groups attached to an aromatic ring is 3. The second-order valence-electron chi connectivity index (χ2n) is 33.7. The van der Waals surface area contributed by atoms with Crippen LogP contribution in [-0.2, 0) is 184 Å². The molecule has 7 fully saturated rings. The largest absolute Gasteiger partial charge is 0.780 e. The number of rotatable bonds is 41. The maximum absolute atomic E-state index is 15.0. The van der Waals surface area contributed by atoms with Crippen LogP contribution in [0.1, 0.15) is 124 Å². The van der Waals surface area contributed by atoms with E-state index in [1.54, 1.807) is 11.5 Å². The molecule has 145 heavy (non-hydrogen) atoms. The maximum Gasteiger partial charge on any atom is 0.330 e. The average Bonchev–Trinajstić information content (AvgIpc) is 1.63. The molecule has 17 heterocycles. The number of aromatic nitrogens is 20. The number of anilines is 3. The first-order valence-electron chi connectivity index (χ1n) is 43.5. The van der Waals surface area contributed by atoms with Crippen LogP contribution in [0.5, 0.6) is 0 Å². The molecule has 73 heteroatoms. The highest BCUT2D eigenvalue weighted by molar-refractivity contribution is 8.32.